The van der Waals surface area contributed by atoms with Crippen molar-refractivity contribution in [3.05, 3.63) is 0 Å². The zero-order chi connectivity index (χ0) is 11.0. The lowest BCUT2D eigenvalue weighted by Crippen LogP contribution is -2.29. The molecule has 0 heterocycles. The zero-order valence-electron chi connectivity index (χ0n) is 8.21. The molecule has 0 aromatic heterocycles. The molecule has 5 nitrogen and oxygen atoms in total. The number of halogens is 1. The SMILES string of the molecule is CCOC(=O)NCCOC(=O)C(C)Br. The highest BCUT2D eigenvalue weighted by molar-refractivity contribution is 9.10. The largest absolute Gasteiger partial charge is 0.463 e. The molecule has 0 saturated carbocycles. The summed E-state index contributed by atoms with van der Waals surface area (Å²) in [5.74, 6) is -0.351. The first kappa shape index (κ1) is 13.2. The first-order valence-corrected chi connectivity index (χ1v) is 5.20. The fourth-order valence-electron chi connectivity index (χ4n) is 0.602. The Morgan fingerprint density at radius 2 is 2.07 bits per heavy atom. The molecular formula is C8H14BrNO4. The molecule has 82 valence electrons. The standard InChI is InChI=1S/C8H14BrNO4/c1-3-13-8(12)10-4-5-14-7(11)6(2)9/h6H,3-5H2,1-2H3,(H,10,12). The maximum Gasteiger partial charge on any atom is 0.407 e. The number of alkyl carbamates (subject to hydrolysis) is 1. The van der Waals surface area contributed by atoms with Gasteiger partial charge in [0.1, 0.15) is 11.4 Å². The fourth-order valence-corrected chi connectivity index (χ4v) is 0.734. The van der Waals surface area contributed by atoms with E-state index in [1.54, 1.807) is 13.8 Å². The van der Waals surface area contributed by atoms with E-state index in [1.165, 1.54) is 0 Å². The number of hydrogen-bond acceptors (Lipinski definition) is 4. The van der Waals surface area contributed by atoms with Gasteiger partial charge in [0, 0.05) is 0 Å². The summed E-state index contributed by atoms with van der Waals surface area (Å²) >= 11 is 3.06. The molecule has 1 amide bonds. The Morgan fingerprint density at radius 3 is 2.57 bits per heavy atom. The number of alkyl halides is 1. The fraction of sp³-hybridized carbons (Fsp3) is 0.750. The van der Waals surface area contributed by atoms with Crippen LogP contribution in [0.3, 0.4) is 0 Å². The number of esters is 1. The van der Waals surface area contributed by atoms with Gasteiger partial charge < -0.3 is 14.8 Å². The van der Waals surface area contributed by atoms with E-state index >= 15 is 0 Å². The number of hydrogen-bond donors (Lipinski definition) is 1. The van der Waals surface area contributed by atoms with Crippen LogP contribution in [0, 0.1) is 0 Å². The molecule has 0 aliphatic heterocycles. The Kier molecular flexibility index (Phi) is 7.18. The van der Waals surface area contributed by atoms with Gasteiger partial charge in [-0.2, -0.15) is 0 Å². The third kappa shape index (κ3) is 6.71. The minimum atomic E-state index is -0.504. The molecule has 0 spiro atoms. The lowest BCUT2D eigenvalue weighted by atomic mass is 10.5. The van der Waals surface area contributed by atoms with E-state index in [-0.39, 0.29) is 23.9 Å². The Balaban J connectivity index is 3.38. The van der Waals surface area contributed by atoms with Crippen molar-refractivity contribution in [2.24, 2.45) is 0 Å². The van der Waals surface area contributed by atoms with Crippen LogP contribution in [0.25, 0.3) is 0 Å². The van der Waals surface area contributed by atoms with Crippen LogP contribution >= 0.6 is 15.9 Å². The minimum absolute atomic E-state index is 0.146. The highest BCUT2D eigenvalue weighted by Crippen LogP contribution is 1.98. The van der Waals surface area contributed by atoms with Crippen LogP contribution < -0.4 is 5.32 Å². The van der Waals surface area contributed by atoms with Crippen LogP contribution in [-0.4, -0.2) is 36.6 Å². The lowest BCUT2D eigenvalue weighted by Gasteiger charge is -2.07. The molecule has 0 bridgehead atoms. The van der Waals surface area contributed by atoms with E-state index < -0.39 is 6.09 Å². The van der Waals surface area contributed by atoms with Gasteiger partial charge in [-0.3, -0.25) is 4.79 Å². The van der Waals surface area contributed by atoms with E-state index in [9.17, 15) is 9.59 Å². The normalized spacial score (nSPS) is 11.6. The first-order chi connectivity index (χ1) is 6.57. The van der Waals surface area contributed by atoms with E-state index in [1.807, 2.05) is 0 Å². The maximum atomic E-state index is 10.9. The van der Waals surface area contributed by atoms with E-state index in [2.05, 4.69) is 26.0 Å². The molecule has 0 aromatic rings. The highest BCUT2D eigenvalue weighted by atomic mass is 79.9. The monoisotopic (exact) mass is 267 g/mol. The van der Waals surface area contributed by atoms with Crippen LogP contribution in [-0.2, 0) is 14.3 Å². The van der Waals surface area contributed by atoms with E-state index in [0.29, 0.717) is 6.61 Å². The molecule has 0 rings (SSSR count). The zero-order valence-corrected chi connectivity index (χ0v) is 9.80. The number of amides is 1. The Morgan fingerprint density at radius 1 is 1.43 bits per heavy atom. The summed E-state index contributed by atoms with van der Waals surface area (Å²) in [6, 6.07) is 0. The van der Waals surface area contributed by atoms with E-state index in [0.717, 1.165) is 0 Å². The van der Waals surface area contributed by atoms with Crippen molar-refractivity contribution in [2.45, 2.75) is 18.7 Å². The predicted molar refractivity (Wildman–Crippen MR) is 54.4 cm³/mol. The first-order valence-electron chi connectivity index (χ1n) is 4.29. The van der Waals surface area contributed by atoms with Crippen molar-refractivity contribution in [3.63, 3.8) is 0 Å². The minimum Gasteiger partial charge on any atom is -0.463 e. The molecule has 0 aliphatic rings. The molecule has 1 N–H and O–H groups in total. The summed E-state index contributed by atoms with van der Waals surface area (Å²) in [4.78, 5) is 21.3. The third-order valence-corrected chi connectivity index (χ3v) is 1.59. The maximum absolute atomic E-state index is 10.9. The molecule has 1 unspecified atom stereocenters. The predicted octanol–water partition coefficient (Wildman–Crippen LogP) is 1.06. The van der Waals surface area contributed by atoms with Crippen LogP contribution in [0.5, 0.6) is 0 Å². The molecule has 0 aliphatic carbocycles. The van der Waals surface area contributed by atoms with Gasteiger partial charge in [0.05, 0.1) is 13.2 Å². The quantitative estimate of drug-likeness (QED) is 0.460. The third-order valence-electron chi connectivity index (χ3n) is 1.22. The highest BCUT2D eigenvalue weighted by Gasteiger charge is 2.09. The van der Waals surface area contributed by atoms with Crippen LogP contribution in [0.2, 0.25) is 0 Å². The lowest BCUT2D eigenvalue weighted by molar-refractivity contribution is -0.142. The second-order valence-electron chi connectivity index (χ2n) is 2.43. The van der Waals surface area contributed by atoms with Gasteiger partial charge in [-0.05, 0) is 13.8 Å². The Bertz CT molecular complexity index is 196. The summed E-state index contributed by atoms with van der Waals surface area (Å²) < 4.78 is 9.37. The van der Waals surface area contributed by atoms with E-state index in [4.69, 9.17) is 4.74 Å². The van der Waals surface area contributed by atoms with Crippen molar-refractivity contribution >= 4 is 28.0 Å². The average Bonchev–Trinajstić information content (AvgIpc) is 2.12. The van der Waals surface area contributed by atoms with Gasteiger partial charge >= 0.3 is 12.1 Å². The van der Waals surface area contributed by atoms with Gasteiger partial charge in [0.25, 0.3) is 0 Å². The van der Waals surface area contributed by atoms with Gasteiger partial charge in [0.2, 0.25) is 0 Å². The smallest absolute Gasteiger partial charge is 0.407 e. The van der Waals surface area contributed by atoms with Crippen LogP contribution in [0.1, 0.15) is 13.8 Å². The number of rotatable bonds is 5. The topological polar surface area (TPSA) is 64.6 Å². The second kappa shape index (κ2) is 7.61. The van der Waals surface area contributed by atoms with Gasteiger partial charge in [-0.1, -0.05) is 15.9 Å². The second-order valence-corrected chi connectivity index (χ2v) is 3.80. The molecular weight excluding hydrogens is 254 g/mol. The van der Waals surface area contributed by atoms with Crippen molar-refractivity contribution in [3.8, 4) is 0 Å². The van der Waals surface area contributed by atoms with Gasteiger partial charge in [0.15, 0.2) is 0 Å². The molecule has 0 radical (unpaired) electrons. The summed E-state index contributed by atoms with van der Waals surface area (Å²) in [6.07, 6.45) is -0.504. The molecule has 6 heteroatoms. The van der Waals surface area contributed by atoms with Crippen LogP contribution in [0.15, 0.2) is 0 Å². The van der Waals surface area contributed by atoms with Gasteiger partial charge in [-0.15, -0.1) is 0 Å². The molecule has 0 aromatic carbocycles. The molecule has 0 saturated heterocycles. The number of carbonyl (C=O) groups excluding carboxylic acids is 2. The summed E-state index contributed by atoms with van der Waals surface area (Å²) in [6.45, 7) is 4.11. The molecule has 1 atom stereocenters. The summed E-state index contributed by atoms with van der Waals surface area (Å²) in [5.41, 5.74) is 0. The summed E-state index contributed by atoms with van der Waals surface area (Å²) in [5, 5.41) is 2.42. The molecule has 0 fully saturated rings. The number of carbonyl (C=O) groups is 2. The van der Waals surface area contributed by atoms with Crippen molar-refractivity contribution < 1.29 is 19.1 Å². The number of ether oxygens (including phenoxy) is 2. The summed E-state index contributed by atoms with van der Waals surface area (Å²) in [7, 11) is 0. The number of nitrogens with one attached hydrogen (secondary N) is 1. The van der Waals surface area contributed by atoms with Gasteiger partial charge in [-0.25, -0.2) is 4.79 Å². The average molecular weight is 268 g/mol. The Hall–Kier alpha value is -0.780. The van der Waals surface area contributed by atoms with Crippen molar-refractivity contribution in [2.75, 3.05) is 19.8 Å². The van der Waals surface area contributed by atoms with Crippen molar-refractivity contribution in [1.82, 2.24) is 5.32 Å². The Labute approximate surface area is 91.3 Å². The van der Waals surface area contributed by atoms with Crippen LogP contribution in [0.4, 0.5) is 4.79 Å². The van der Waals surface area contributed by atoms with Crippen molar-refractivity contribution in [1.29, 1.82) is 0 Å². The molecule has 14 heavy (non-hydrogen) atoms.